The number of rotatable bonds is 7. The van der Waals surface area contributed by atoms with E-state index >= 15 is 0 Å². The summed E-state index contributed by atoms with van der Waals surface area (Å²) in [6, 6.07) is 1.27. The molecule has 1 atom stereocenters. The maximum Gasteiger partial charge on any atom is 0.304 e. The fourth-order valence-corrected chi connectivity index (χ4v) is 2.97. The van der Waals surface area contributed by atoms with E-state index in [2.05, 4.69) is 14.8 Å². The zero-order chi connectivity index (χ0) is 21.1. The summed E-state index contributed by atoms with van der Waals surface area (Å²) in [6.45, 7) is 1.59. The van der Waals surface area contributed by atoms with Gasteiger partial charge in [-0.2, -0.15) is 9.49 Å². The lowest BCUT2D eigenvalue weighted by atomic mass is 9.91. The molecule has 1 aliphatic rings. The zero-order valence-corrected chi connectivity index (χ0v) is 15.4. The maximum absolute atomic E-state index is 13.2. The number of ketones is 2. The molecule has 0 aliphatic heterocycles. The third-order valence-corrected chi connectivity index (χ3v) is 4.52. The Morgan fingerprint density at radius 3 is 2.79 bits per heavy atom. The van der Waals surface area contributed by atoms with Crippen LogP contribution in [-0.2, 0) is 11.3 Å². The van der Waals surface area contributed by atoms with Crippen molar-refractivity contribution in [1.82, 2.24) is 14.8 Å². The Labute approximate surface area is 163 Å². The van der Waals surface area contributed by atoms with Crippen LogP contribution in [0.25, 0.3) is 0 Å². The molecule has 0 bridgehead atoms. The predicted octanol–water partition coefficient (Wildman–Crippen LogP) is 3.32. The molecule has 7 nitrogen and oxygen atoms in total. The fraction of sp³-hybridized carbons (Fsp3) is 0.368. The molecule has 0 amide bonds. The Bertz CT molecular complexity index is 971. The smallest absolute Gasteiger partial charge is 0.304 e. The summed E-state index contributed by atoms with van der Waals surface area (Å²) in [6.07, 6.45) is -1.14. The number of carbonyl (C=O) groups is 2. The number of alkyl halides is 3. The first kappa shape index (κ1) is 20.6. The Morgan fingerprint density at radius 1 is 1.34 bits per heavy atom. The molecule has 154 valence electrons. The first-order chi connectivity index (χ1) is 13.8. The van der Waals surface area contributed by atoms with Gasteiger partial charge in [0.2, 0.25) is 5.78 Å². The quantitative estimate of drug-likeness (QED) is 0.557. The minimum absolute atomic E-state index is 0.0565. The first-order valence-corrected chi connectivity index (χ1v) is 8.83. The Hall–Kier alpha value is -3.17. The van der Waals surface area contributed by atoms with Crippen LogP contribution in [0.5, 0.6) is 5.75 Å². The van der Waals surface area contributed by atoms with Crippen molar-refractivity contribution in [2.24, 2.45) is 0 Å². The topological polar surface area (TPSA) is 94.3 Å². The number of nitrogens with zero attached hydrogens (tertiary/aromatic N) is 3. The van der Waals surface area contributed by atoms with E-state index in [1.54, 1.807) is 0 Å². The highest BCUT2D eigenvalue weighted by molar-refractivity contribution is 6.26. The lowest BCUT2D eigenvalue weighted by Gasteiger charge is -2.14. The van der Waals surface area contributed by atoms with Gasteiger partial charge in [0.1, 0.15) is 17.1 Å². The molecule has 0 radical (unpaired) electrons. The number of carbonyl (C=O) groups excluding carboxylic acids is 2. The number of ether oxygens (including phenoxy) is 1. The average molecular weight is 409 g/mol. The first-order valence-electron chi connectivity index (χ1n) is 8.83. The number of Topliss-reactive ketones (excluding diaryl/α,β-unsaturated/α-hetero) is 2. The van der Waals surface area contributed by atoms with Crippen LogP contribution in [0, 0.1) is 6.92 Å². The number of aliphatic hydroxyl groups is 1. The maximum atomic E-state index is 13.2. The van der Waals surface area contributed by atoms with E-state index in [0.717, 1.165) is 0 Å². The lowest BCUT2D eigenvalue weighted by Crippen LogP contribution is -2.20. The molecule has 1 N–H and O–H groups in total. The van der Waals surface area contributed by atoms with Gasteiger partial charge in [-0.25, -0.2) is 8.78 Å². The molecule has 0 fully saturated rings. The summed E-state index contributed by atoms with van der Waals surface area (Å²) >= 11 is 0. The van der Waals surface area contributed by atoms with Crippen LogP contribution in [-0.4, -0.2) is 44.2 Å². The second kappa shape index (κ2) is 8.46. The molecular formula is C19H18F3N3O4. The molecule has 0 saturated heterocycles. The van der Waals surface area contributed by atoms with E-state index in [-0.39, 0.29) is 42.0 Å². The standard InChI is InChI=1S/C19H18F3N3O4/c1-10-12(23-6-5-15(10)29-19(22)18(20)21)9-25-8-11(7-24-25)17(28)16-13(26)3-2-4-14(16)27/h5-8,18-19,26H,2-4,9H2,1H3. The summed E-state index contributed by atoms with van der Waals surface area (Å²) in [7, 11) is 0. The van der Waals surface area contributed by atoms with Gasteiger partial charge in [-0.3, -0.25) is 19.3 Å². The van der Waals surface area contributed by atoms with Crippen molar-refractivity contribution in [2.45, 2.75) is 45.5 Å². The molecule has 3 rings (SSSR count). The van der Waals surface area contributed by atoms with Crippen molar-refractivity contribution in [2.75, 3.05) is 0 Å². The van der Waals surface area contributed by atoms with Crippen molar-refractivity contribution in [3.8, 4) is 5.75 Å². The van der Waals surface area contributed by atoms with Crippen LogP contribution in [0.15, 0.2) is 36.0 Å². The molecule has 29 heavy (non-hydrogen) atoms. The van der Waals surface area contributed by atoms with Gasteiger partial charge in [0.25, 0.3) is 6.36 Å². The van der Waals surface area contributed by atoms with Gasteiger partial charge in [-0.15, -0.1) is 0 Å². The Kier molecular flexibility index (Phi) is 6.00. The minimum atomic E-state index is -3.28. The highest BCUT2D eigenvalue weighted by atomic mass is 19.3. The molecule has 2 aromatic rings. The van der Waals surface area contributed by atoms with Crippen LogP contribution >= 0.6 is 0 Å². The van der Waals surface area contributed by atoms with Crippen LogP contribution in [0.1, 0.15) is 40.9 Å². The molecule has 1 unspecified atom stereocenters. The van der Waals surface area contributed by atoms with Crippen molar-refractivity contribution in [3.63, 3.8) is 0 Å². The normalized spacial score (nSPS) is 15.7. The highest BCUT2D eigenvalue weighted by Gasteiger charge is 2.28. The molecule has 2 aromatic heterocycles. The molecule has 2 heterocycles. The van der Waals surface area contributed by atoms with Gasteiger partial charge < -0.3 is 9.84 Å². The number of aromatic nitrogens is 3. The number of allylic oxidation sites excluding steroid dienone is 2. The van der Waals surface area contributed by atoms with Gasteiger partial charge in [0.05, 0.1) is 24.0 Å². The SMILES string of the molecule is Cc1c(OC(F)C(F)F)ccnc1Cn1cc(C(=O)C2=C(O)CCCC2=O)cn1. The van der Waals surface area contributed by atoms with E-state index < -0.39 is 24.3 Å². The molecule has 0 saturated carbocycles. The molecule has 1 aliphatic carbocycles. The number of aliphatic hydroxyl groups excluding tert-OH is 1. The number of halogens is 3. The number of hydrogen-bond acceptors (Lipinski definition) is 6. The number of pyridine rings is 1. The molecule has 0 aromatic carbocycles. The van der Waals surface area contributed by atoms with Gasteiger partial charge in [-0.1, -0.05) is 0 Å². The largest absolute Gasteiger partial charge is 0.511 e. The third kappa shape index (κ3) is 4.47. The second-order valence-corrected chi connectivity index (χ2v) is 6.54. The summed E-state index contributed by atoms with van der Waals surface area (Å²) in [5.41, 5.74) is 0.624. The summed E-state index contributed by atoms with van der Waals surface area (Å²) in [5, 5.41) is 13.9. The summed E-state index contributed by atoms with van der Waals surface area (Å²) in [5.74, 6) is -1.32. The molecule has 10 heteroatoms. The Morgan fingerprint density at radius 2 is 2.10 bits per heavy atom. The van der Waals surface area contributed by atoms with Crippen molar-refractivity contribution in [3.05, 3.63) is 52.8 Å². The average Bonchev–Trinajstić information content (AvgIpc) is 3.13. The molecule has 0 spiro atoms. The van der Waals surface area contributed by atoms with E-state index in [1.165, 1.54) is 36.3 Å². The van der Waals surface area contributed by atoms with Gasteiger partial charge in [0.15, 0.2) is 5.78 Å². The Balaban J connectivity index is 1.79. The van der Waals surface area contributed by atoms with Crippen LogP contribution in [0.2, 0.25) is 0 Å². The van der Waals surface area contributed by atoms with E-state index in [4.69, 9.17) is 0 Å². The summed E-state index contributed by atoms with van der Waals surface area (Å²) in [4.78, 5) is 28.6. The predicted molar refractivity (Wildman–Crippen MR) is 94.7 cm³/mol. The van der Waals surface area contributed by atoms with Crippen LogP contribution in [0.3, 0.4) is 0 Å². The molecular weight excluding hydrogens is 391 g/mol. The highest BCUT2D eigenvalue weighted by Crippen LogP contribution is 2.25. The van der Waals surface area contributed by atoms with E-state index in [9.17, 15) is 27.9 Å². The second-order valence-electron chi connectivity index (χ2n) is 6.54. The van der Waals surface area contributed by atoms with Gasteiger partial charge in [0, 0.05) is 30.8 Å². The van der Waals surface area contributed by atoms with Crippen molar-refractivity contribution < 1.29 is 32.6 Å². The third-order valence-electron chi connectivity index (χ3n) is 4.52. The number of hydrogen-bond donors (Lipinski definition) is 1. The minimum Gasteiger partial charge on any atom is -0.511 e. The van der Waals surface area contributed by atoms with E-state index in [1.807, 2.05) is 0 Å². The van der Waals surface area contributed by atoms with Crippen LogP contribution in [0.4, 0.5) is 13.2 Å². The fourth-order valence-electron chi connectivity index (χ4n) is 2.97. The van der Waals surface area contributed by atoms with Crippen molar-refractivity contribution in [1.29, 1.82) is 0 Å². The van der Waals surface area contributed by atoms with Gasteiger partial charge in [-0.05, 0) is 19.4 Å². The van der Waals surface area contributed by atoms with E-state index in [0.29, 0.717) is 17.7 Å². The monoisotopic (exact) mass is 409 g/mol. The van der Waals surface area contributed by atoms with Gasteiger partial charge >= 0.3 is 6.43 Å². The zero-order valence-electron chi connectivity index (χ0n) is 15.4. The lowest BCUT2D eigenvalue weighted by molar-refractivity contribution is -0.116. The summed E-state index contributed by atoms with van der Waals surface area (Å²) < 4.78 is 43.9. The van der Waals surface area contributed by atoms with Crippen LogP contribution < -0.4 is 4.74 Å². The van der Waals surface area contributed by atoms with Crippen molar-refractivity contribution >= 4 is 11.6 Å².